The topological polar surface area (TPSA) is 180 Å². The molecule has 7 heterocycles. The molecule has 0 saturated heterocycles. The highest BCUT2D eigenvalue weighted by atomic mass is 35.5. The third-order valence-corrected chi connectivity index (χ3v) is 14.9. The van der Waals surface area contributed by atoms with Crippen LogP contribution in [0.5, 0.6) is 0 Å². The maximum Gasteiger partial charge on any atom is 0.290 e. The second-order valence-corrected chi connectivity index (χ2v) is 19.6. The van der Waals surface area contributed by atoms with E-state index < -0.39 is 0 Å². The number of halogens is 2. The van der Waals surface area contributed by atoms with Crippen LogP contribution < -0.4 is 0 Å². The number of aliphatic hydroxyl groups excluding tert-OH is 1. The van der Waals surface area contributed by atoms with E-state index in [9.17, 15) is 19.5 Å². The quantitative estimate of drug-likeness (QED) is 0.134. The van der Waals surface area contributed by atoms with Gasteiger partial charge in [0.05, 0.1) is 56.8 Å². The third-order valence-electron chi connectivity index (χ3n) is 14.3. The molecule has 3 aliphatic rings. The summed E-state index contributed by atoms with van der Waals surface area (Å²) in [7, 11) is 0. The van der Waals surface area contributed by atoms with Crippen molar-refractivity contribution in [3.05, 3.63) is 188 Å². The Kier molecular flexibility index (Phi) is 13.4. The van der Waals surface area contributed by atoms with Crippen LogP contribution in [0.3, 0.4) is 0 Å². The molecule has 0 saturated carbocycles. The number of carbonyl (C=O) groups is 3. The molecule has 3 amide bonds. The molecule has 0 spiro atoms. The van der Waals surface area contributed by atoms with Gasteiger partial charge in [0.25, 0.3) is 17.7 Å². The van der Waals surface area contributed by atoms with Crippen LogP contribution in [0.4, 0.5) is 0 Å². The monoisotopic (exact) mass is 1000 g/mol. The number of H-pyrrole nitrogens is 3. The van der Waals surface area contributed by atoms with Gasteiger partial charge in [0.2, 0.25) is 0 Å². The first-order chi connectivity index (χ1) is 34.8. The van der Waals surface area contributed by atoms with E-state index in [0.717, 1.165) is 47.1 Å². The SMILES string of the molecule is CC1Cc2ccccc2C(C)N1C(=O)c1nc2c(Cl)cccc2[nH]1.CC1Cc2ccccc2C(C)N1C(=O)c1nc2c(Cl)cccc2[nH]1.CC1c2cccnc2CCN1C(=O)c1nc2c(CO)cccc2[nH]1. The Bertz CT molecular complexity index is 3360. The molecular formula is C56H54Cl2N10O4. The number of rotatable bonds is 4. The van der Waals surface area contributed by atoms with Crippen molar-refractivity contribution in [2.45, 2.75) is 90.7 Å². The van der Waals surface area contributed by atoms with Gasteiger partial charge in [-0.1, -0.05) is 102 Å². The van der Waals surface area contributed by atoms with Crippen molar-refractivity contribution in [2.24, 2.45) is 0 Å². The molecule has 16 heteroatoms. The summed E-state index contributed by atoms with van der Waals surface area (Å²) in [6.45, 7) is 10.8. The number of benzene rings is 5. The number of nitrogens with zero attached hydrogens (tertiary/aromatic N) is 7. The molecule has 366 valence electrons. The van der Waals surface area contributed by atoms with Crippen molar-refractivity contribution in [2.75, 3.05) is 6.54 Å². The van der Waals surface area contributed by atoms with Gasteiger partial charge >= 0.3 is 0 Å². The van der Waals surface area contributed by atoms with E-state index in [1.807, 2.05) is 88.4 Å². The predicted octanol–water partition coefficient (Wildman–Crippen LogP) is 10.9. The smallest absolute Gasteiger partial charge is 0.290 e. The number of nitrogens with one attached hydrogen (secondary N) is 3. The lowest BCUT2D eigenvalue weighted by molar-refractivity contribution is 0.0561. The van der Waals surface area contributed by atoms with E-state index in [4.69, 9.17) is 23.2 Å². The first-order valence-electron chi connectivity index (χ1n) is 24.2. The zero-order valence-electron chi connectivity index (χ0n) is 40.5. The Morgan fingerprint density at radius 2 is 1.01 bits per heavy atom. The van der Waals surface area contributed by atoms with Crippen molar-refractivity contribution in [1.82, 2.24) is 49.6 Å². The Labute approximate surface area is 426 Å². The number of hydrogen-bond acceptors (Lipinski definition) is 8. The number of aromatic amines is 3. The molecule has 12 rings (SSSR count). The van der Waals surface area contributed by atoms with Crippen LogP contribution in [-0.4, -0.2) is 91.0 Å². The summed E-state index contributed by atoms with van der Waals surface area (Å²) in [6, 6.07) is 37.3. The van der Waals surface area contributed by atoms with Crippen LogP contribution in [0.2, 0.25) is 10.0 Å². The summed E-state index contributed by atoms with van der Waals surface area (Å²) in [5.74, 6) is 0.697. The molecule has 3 aliphatic heterocycles. The lowest BCUT2D eigenvalue weighted by Crippen LogP contribution is -2.45. The van der Waals surface area contributed by atoms with Gasteiger partial charge in [0.15, 0.2) is 17.5 Å². The molecule has 14 nitrogen and oxygen atoms in total. The number of aliphatic hydroxyl groups is 1. The number of para-hydroxylation sites is 3. The highest BCUT2D eigenvalue weighted by Gasteiger charge is 2.36. The average Bonchev–Trinajstić information content (AvgIpc) is 4.16. The molecule has 0 radical (unpaired) electrons. The first kappa shape index (κ1) is 48.2. The van der Waals surface area contributed by atoms with Crippen LogP contribution in [0.15, 0.2) is 121 Å². The largest absolute Gasteiger partial charge is 0.392 e. The third kappa shape index (κ3) is 8.99. The summed E-state index contributed by atoms with van der Waals surface area (Å²) in [4.78, 5) is 71.8. The number of aromatic nitrogens is 7. The molecule has 0 aliphatic carbocycles. The second kappa shape index (κ2) is 20.0. The molecule has 4 N–H and O–H groups in total. The summed E-state index contributed by atoms with van der Waals surface area (Å²) in [5, 5.41) is 10.5. The maximum absolute atomic E-state index is 13.1. The summed E-state index contributed by atoms with van der Waals surface area (Å²) in [5.41, 5.74) is 12.1. The van der Waals surface area contributed by atoms with Crippen molar-refractivity contribution >= 4 is 74.0 Å². The number of pyridine rings is 1. The summed E-state index contributed by atoms with van der Waals surface area (Å²) >= 11 is 12.4. The van der Waals surface area contributed by atoms with Crippen LogP contribution in [-0.2, 0) is 25.9 Å². The van der Waals surface area contributed by atoms with Gasteiger partial charge in [0.1, 0.15) is 11.0 Å². The second-order valence-electron chi connectivity index (χ2n) is 18.7. The van der Waals surface area contributed by atoms with Gasteiger partial charge in [-0.25, -0.2) is 15.0 Å². The minimum Gasteiger partial charge on any atom is -0.392 e. The Balaban J connectivity index is 0.000000124. The average molecular weight is 1000 g/mol. The number of fused-ring (bicyclic) bond motifs is 6. The first-order valence-corrected chi connectivity index (χ1v) is 25.0. The lowest BCUT2D eigenvalue weighted by atomic mass is 9.89. The van der Waals surface area contributed by atoms with E-state index in [1.165, 1.54) is 22.3 Å². The molecule has 5 unspecified atom stereocenters. The maximum atomic E-state index is 13.1. The molecule has 0 fully saturated rings. The van der Waals surface area contributed by atoms with Crippen molar-refractivity contribution in [3.8, 4) is 0 Å². The molecule has 5 atom stereocenters. The van der Waals surface area contributed by atoms with Crippen molar-refractivity contribution in [3.63, 3.8) is 0 Å². The fourth-order valence-electron chi connectivity index (χ4n) is 10.7. The Hall–Kier alpha value is -7.39. The zero-order chi connectivity index (χ0) is 50.4. The molecule has 72 heavy (non-hydrogen) atoms. The van der Waals surface area contributed by atoms with Gasteiger partial charge in [-0.05, 0) is 112 Å². The highest BCUT2D eigenvalue weighted by Crippen LogP contribution is 2.36. The van der Waals surface area contributed by atoms with E-state index in [0.29, 0.717) is 56.2 Å². The van der Waals surface area contributed by atoms with Crippen LogP contribution in [0, 0.1) is 0 Å². The number of amides is 3. The van der Waals surface area contributed by atoms with Gasteiger partial charge < -0.3 is 34.8 Å². The van der Waals surface area contributed by atoms with E-state index in [1.54, 1.807) is 18.3 Å². The fraction of sp³-hybridized carbons (Fsp3) is 0.268. The zero-order valence-corrected chi connectivity index (χ0v) is 42.0. The normalized spacial score (nSPS) is 19.2. The minimum atomic E-state index is -0.128. The molecular weight excluding hydrogens is 948 g/mol. The molecule has 9 aromatic rings. The summed E-state index contributed by atoms with van der Waals surface area (Å²) < 4.78 is 0. The number of hydrogen-bond donors (Lipinski definition) is 4. The highest BCUT2D eigenvalue weighted by molar-refractivity contribution is 6.35. The van der Waals surface area contributed by atoms with E-state index >= 15 is 0 Å². The lowest BCUT2D eigenvalue weighted by Gasteiger charge is -2.39. The van der Waals surface area contributed by atoms with Gasteiger partial charge in [0, 0.05) is 42.5 Å². The molecule has 0 bridgehead atoms. The van der Waals surface area contributed by atoms with E-state index in [-0.39, 0.29) is 54.5 Å². The Morgan fingerprint density at radius 1 is 0.556 bits per heavy atom. The minimum absolute atomic E-state index is 0.0149. The van der Waals surface area contributed by atoms with Gasteiger partial charge in [-0.3, -0.25) is 19.4 Å². The summed E-state index contributed by atoms with van der Waals surface area (Å²) in [6.07, 6.45) is 4.24. The van der Waals surface area contributed by atoms with Gasteiger partial charge in [-0.15, -0.1) is 0 Å². The molecule has 4 aromatic heterocycles. The predicted molar refractivity (Wildman–Crippen MR) is 280 cm³/mol. The van der Waals surface area contributed by atoms with Gasteiger partial charge in [-0.2, -0.15) is 0 Å². The fourth-order valence-corrected chi connectivity index (χ4v) is 11.1. The van der Waals surface area contributed by atoms with Crippen molar-refractivity contribution < 1.29 is 19.5 Å². The number of imidazole rings is 3. The van der Waals surface area contributed by atoms with Crippen molar-refractivity contribution in [1.29, 1.82) is 0 Å². The van der Waals surface area contributed by atoms with Crippen LogP contribution in [0.1, 0.15) is 124 Å². The molecule has 5 aromatic carbocycles. The number of carbonyl (C=O) groups excluding carboxylic acids is 3. The standard InChI is InChI=1S/2C19H18ClN3O.C18H18N4O2/c2*1-11-10-13-6-3-4-7-14(13)12(2)23(11)19(24)18-21-16-9-5-8-15(20)17(16)22-18;1-11-13-5-3-8-19-14(13)7-9-22(11)18(24)17-20-15-6-2-4-12(10-23)16(15)21-17/h2*3-9,11-12H,10H2,1-2H3,(H,21,22);2-6,8,11,23H,7,9-10H2,1H3,(H,20,21). The Morgan fingerprint density at radius 3 is 1.53 bits per heavy atom. The van der Waals surface area contributed by atoms with Crippen LogP contribution in [0.25, 0.3) is 33.1 Å². The van der Waals surface area contributed by atoms with E-state index in [2.05, 4.69) is 99.0 Å². The van der Waals surface area contributed by atoms with Crippen LogP contribution >= 0.6 is 23.2 Å².